The predicted molar refractivity (Wildman–Crippen MR) is 82.2 cm³/mol. The standard InChI is InChI=1S/C16H13N3O5/c1-8-13(12(7-17-8)18-9(2)20)16(23)24-19-14(21)10-5-3-4-6-11(10)15(19)22/h3-7,17H,1-2H3,(H,18,20). The van der Waals surface area contributed by atoms with Gasteiger partial charge in [-0.3, -0.25) is 14.4 Å². The van der Waals surface area contributed by atoms with E-state index < -0.39 is 17.8 Å². The van der Waals surface area contributed by atoms with Crippen molar-refractivity contribution < 1.29 is 24.0 Å². The number of carbonyl (C=O) groups is 4. The highest BCUT2D eigenvalue weighted by atomic mass is 16.7. The summed E-state index contributed by atoms with van der Waals surface area (Å²) >= 11 is 0. The molecule has 2 aromatic rings. The van der Waals surface area contributed by atoms with Crippen LogP contribution >= 0.6 is 0 Å². The van der Waals surface area contributed by atoms with Crippen LogP contribution in [0.5, 0.6) is 0 Å². The normalized spacial score (nSPS) is 13.0. The number of aryl methyl sites for hydroxylation is 1. The molecule has 122 valence electrons. The second kappa shape index (κ2) is 5.65. The zero-order valence-electron chi connectivity index (χ0n) is 12.9. The Morgan fingerprint density at radius 3 is 2.25 bits per heavy atom. The van der Waals surface area contributed by atoms with E-state index in [4.69, 9.17) is 4.84 Å². The molecule has 1 aliphatic heterocycles. The Morgan fingerprint density at radius 1 is 1.12 bits per heavy atom. The molecule has 0 saturated heterocycles. The molecule has 3 amide bonds. The summed E-state index contributed by atoms with van der Waals surface area (Å²) in [6.07, 6.45) is 1.43. The summed E-state index contributed by atoms with van der Waals surface area (Å²) in [6, 6.07) is 6.18. The third-order valence-corrected chi connectivity index (χ3v) is 3.52. The smallest absolute Gasteiger partial charge is 0.363 e. The number of nitrogens with one attached hydrogen (secondary N) is 2. The minimum Gasteiger partial charge on any atom is -0.363 e. The average molecular weight is 327 g/mol. The van der Waals surface area contributed by atoms with Gasteiger partial charge < -0.3 is 15.1 Å². The van der Waals surface area contributed by atoms with Gasteiger partial charge in [0.1, 0.15) is 5.56 Å². The number of carbonyl (C=O) groups excluding carboxylic acids is 4. The quantitative estimate of drug-likeness (QED) is 0.833. The molecule has 24 heavy (non-hydrogen) atoms. The molecule has 2 N–H and O–H groups in total. The lowest BCUT2D eigenvalue weighted by Gasteiger charge is -2.13. The number of imide groups is 1. The van der Waals surface area contributed by atoms with Crippen LogP contribution in [0, 0.1) is 6.92 Å². The number of rotatable bonds is 3. The van der Waals surface area contributed by atoms with Crippen LogP contribution < -0.4 is 5.32 Å². The fraction of sp³-hybridized carbons (Fsp3) is 0.125. The summed E-state index contributed by atoms with van der Waals surface area (Å²) in [5.41, 5.74) is 1.02. The van der Waals surface area contributed by atoms with Crippen LogP contribution in [0.3, 0.4) is 0 Å². The van der Waals surface area contributed by atoms with Gasteiger partial charge in [0.25, 0.3) is 11.8 Å². The Bertz CT molecular complexity index is 849. The molecule has 0 aliphatic carbocycles. The number of hydrogen-bond donors (Lipinski definition) is 2. The zero-order chi connectivity index (χ0) is 17.4. The minimum absolute atomic E-state index is 0.0433. The second-order valence-electron chi connectivity index (χ2n) is 5.21. The molecule has 8 heteroatoms. The number of benzene rings is 1. The molecule has 0 spiro atoms. The van der Waals surface area contributed by atoms with Crippen molar-refractivity contribution >= 4 is 29.4 Å². The molecule has 8 nitrogen and oxygen atoms in total. The van der Waals surface area contributed by atoms with Crippen molar-refractivity contribution in [1.29, 1.82) is 0 Å². The Hall–Kier alpha value is -3.42. The third-order valence-electron chi connectivity index (χ3n) is 3.52. The predicted octanol–water partition coefficient (Wildman–Crippen LogP) is 1.65. The molecule has 0 atom stereocenters. The van der Waals surface area contributed by atoms with Crippen molar-refractivity contribution in [2.75, 3.05) is 5.32 Å². The summed E-state index contributed by atoms with van der Waals surface area (Å²) in [4.78, 5) is 55.8. The lowest BCUT2D eigenvalue weighted by molar-refractivity contribution is -0.114. The van der Waals surface area contributed by atoms with Crippen LogP contribution in [0.15, 0.2) is 30.5 Å². The zero-order valence-corrected chi connectivity index (χ0v) is 12.9. The number of aromatic nitrogens is 1. The van der Waals surface area contributed by atoms with Gasteiger partial charge in [-0.2, -0.15) is 0 Å². The molecule has 1 aliphatic rings. The second-order valence-corrected chi connectivity index (χ2v) is 5.21. The molecular formula is C16H13N3O5. The lowest BCUT2D eigenvalue weighted by atomic mass is 10.1. The van der Waals surface area contributed by atoms with Crippen molar-refractivity contribution in [2.45, 2.75) is 13.8 Å². The number of anilines is 1. The van der Waals surface area contributed by atoms with E-state index in [-0.39, 0.29) is 28.3 Å². The molecular weight excluding hydrogens is 314 g/mol. The third kappa shape index (κ3) is 2.43. The van der Waals surface area contributed by atoms with Crippen LogP contribution in [0.1, 0.15) is 43.7 Å². The number of H-pyrrole nitrogens is 1. The van der Waals surface area contributed by atoms with E-state index in [1.54, 1.807) is 19.1 Å². The molecule has 2 heterocycles. The van der Waals surface area contributed by atoms with E-state index in [1.165, 1.54) is 25.3 Å². The summed E-state index contributed by atoms with van der Waals surface area (Å²) in [6.45, 7) is 2.89. The summed E-state index contributed by atoms with van der Waals surface area (Å²) in [5.74, 6) is -2.72. The van der Waals surface area contributed by atoms with Gasteiger partial charge in [0.2, 0.25) is 5.91 Å². The Kier molecular flexibility index (Phi) is 3.64. The number of amides is 3. The summed E-state index contributed by atoms with van der Waals surface area (Å²) in [7, 11) is 0. The van der Waals surface area contributed by atoms with E-state index in [0.29, 0.717) is 10.8 Å². The molecule has 3 rings (SSSR count). The Balaban J connectivity index is 1.87. The molecule has 0 bridgehead atoms. The molecule has 0 radical (unpaired) electrons. The van der Waals surface area contributed by atoms with Gasteiger partial charge >= 0.3 is 5.97 Å². The maximum atomic E-state index is 12.4. The van der Waals surface area contributed by atoms with E-state index in [2.05, 4.69) is 10.3 Å². The summed E-state index contributed by atoms with van der Waals surface area (Å²) < 4.78 is 0. The minimum atomic E-state index is -0.924. The maximum absolute atomic E-state index is 12.4. The van der Waals surface area contributed by atoms with Crippen LogP contribution in [0.2, 0.25) is 0 Å². The van der Waals surface area contributed by atoms with Gasteiger partial charge in [0.05, 0.1) is 16.8 Å². The van der Waals surface area contributed by atoms with Gasteiger partial charge in [-0.1, -0.05) is 17.2 Å². The number of fused-ring (bicyclic) bond motifs is 1. The lowest BCUT2D eigenvalue weighted by Crippen LogP contribution is -2.33. The van der Waals surface area contributed by atoms with Crippen molar-refractivity contribution in [1.82, 2.24) is 10.0 Å². The largest absolute Gasteiger partial charge is 0.367 e. The Morgan fingerprint density at radius 2 is 1.71 bits per heavy atom. The SMILES string of the molecule is CC(=O)Nc1c[nH]c(C)c1C(=O)ON1C(=O)c2ccccc2C1=O. The molecule has 1 aromatic heterocycles. The van der Waals surface area contributed by atoms with Crippen LogP contribution in [0.25, 0.3) is 0 Å². The topological polar surface area (TPSA) is 109 Å². The average Bonchev–Trinajstić information content (AvgIpc) is 3.00. The van der Waals surface area contributed by atoms with Crippen molar-refractivity contribution in [3.05, 3.63) is 52.8 Å². The first-order valence-electron chi connectivity index (χ1n) is 7.06. The number of hydroxylamine groups is 2. The van der Waals surface area contributed by atoms with Crippen molar-refractivity contribution in [3.63, 3.8) is 0 Å². The van der Waals surface area contributed by atoms with Gasteiger partial charge in [0.15, 0.2) is 0 Å². The molecule has 0 unspecified atom stereocenters. The van der Waals surface area contributed by atoms with Crippen molar-refractivity contribution in [2.24, 2.45) is 0 Å². The first-order valence-corrected chi connectivity index (χ1v) is 7.06. The van der Waals surface area contributed by atoms with Gasteiger partial charge in [-0.15, -0.1) is 0 Å². The highest BCUT2D eigenvalue weighted by Gasteiger charge is 2.39. The van der Waals surface area contributed by atoms with E-state index in [0.717, 1.165) is 0 Å². The van der Waals surface area contributed by atoms with E-state index in [1.807, 2.05) is 0 Å². The van der Waals surface area contributed by atoms with E-state index >= 15 is 0 Å². The van der Waals surface area contributed by atoms with Gasteiger partial charge in [0, 0.05) is 18.8 Å². The fourth-order valence-electron chi connectivity index (χ4n) is 2.46. The number of aromatic amines is 1. The number of nitrogens with zero attached hydrogens (tertiary/aromatic N) is 1. The van der Waals surface area contributed by atoms with Gasteiger partial charge in [-0.05, 0) is 19.1 Å². The first-order chi connectivity index (χ1) is 11.4. The monoisotopic (exact) mass is 327 g/mol. The molecule has 0 fully saturated rings. The fourth-order valence-corrected chi connectivity index (χ4v) is 2.46. The molecule has 1 aromatic carbocycles. The van der Waals surface area contributed by atoms with Crippen LogP contribution in [-0.2, 0) is 9.63 Å². The number of hydrogen-bond acceptors (Lipinski definition) is 5. The maximum Gasteiger partial charge on any atom is 0.367 e. The van der Waals surface area contributed by atoms with Crippen molar-refractivity contribution in [3.8, 4) is 0 Å². The van der Waals surface area contributed by atoms with Crippen LogP contribution in [0.4, 0.5) is 5.69 Å². The molecule has 0 saturated carbocycles. The van der Waals surface area contributed by atoms with Crippen LogP contribution in [-0.4, -0.2) is 33.7 Å². The highest BCUT2D eigenvalue weighted by Crippen LogP contribution is 2.25. The van der Waals surface area contributed by atoms with E-state index in [9.17, 15) is 19.2 Å². The highest BCUT2D eigenvalue weighted by molar-refractivity contribution is 6.21. The first kappa shape index (κ1) is 15.5. The van der Waals surface area contributed by atoms with Gasteiger partial charge in [-0.25, -0.2) is 4.79 Å². The Labute approximate surface area is 136 Å². The summed E-state index contributed by atoms with van der Waals surface area (Å²) in [5, 5.41) is 2.91.